The molecule has 1 N–H and O–H groups in total. The van der Waals surface area contributed by atoms with Crippen LogP contribution < -0.4 is 5.32 Å². The predicted molar refractivity (Wildman–Crippen MR) is 106 cm³/mol. The average molecular weight is 454 g/mol. The molecule has 0 radical (unpaired) electrons. The van der Waals surface area contributed by atoms with Gasteiger partial charge in [-0.25, -0.2) is 8.42 Å². The number of amides is 1. The van der Waals surface area contributed by atoms with Gasteiger partial charge < -0.3 is 5.32 Å². The van der Waals surface area contributed by atoms with E-state index < -0.39 is 15.9 Å². The number of carbonyl (C=O) groups excluding carboxylic acids is 1. The molecular formula is C16H15Cl3N2O3S2. The molecule has 0 unspecified atom stereocenters. The van der Waals surface area contributed by atoms with Gasteiger partial charge in [0, 0.05) is 13.1 Å². The third kappa shape index (κ3) is 4.18. The van der Waals surface area contributed by atoms with E-state index in [-0.39, 0.29) is 26.7 Å². The van der Waals surface area contributed by atoms with Crippen molar-refractivity contribution < 1.29 is 13.2 Å². The van der Waals surface area contributed by atoms with Gasteiger partial charge in [-0.05, 0) is 36.4 Å². The van der Waals surface area contributed by atoms with Gasteiger partial charge in [-0.2, -0.15) is 4.31 Å². The van der Waals surface area contributed by atoms with Crippen molar-refractivity contribution in [3.05, 3.63) is 44.7 Å². The maximum Gasteiger partial charge on any atom is 0.252 e. The van der Waals surface area contributed by atoms with Gasteiger partial charge in [-0.1, -0.05) is 40.9 Å². The lowest BCUT2D eigenvalue weighted by Gasteiger charge is -2.30. The molecule has 3 rings (SSSR count). The van der Waals surface area contributed by atoms with Crippen LogP contribution in [0.25, 0.3) is 0 Å². The van der Waals surface area contributed by atoms with Crippen molar-refractivity contribution in [2.24, 2.45) is 5.92 Å². The second-order valence-electron chi connectivity index (χ2n) is 5.87. The fraction of sp³-hybridized carbons (Fsp3) is 0.312. The Balaban J connectivity index is 1.74. The molecule has 26 heavy (non-hydrogen) atoms. The summed E-state index contributed by atoms with van der Waals surface area (Å²) in [7, 11) is -3.57. The number of thiophene rings is 1. The average Bonchev–Trinajstić information content (AvgIpc) is 3.15. The van der Waals surface area contributed by atoms with Crippen LogP contribution in [-0.4, -0.2) is 31.7 Å². The molecule has 1 aromatic heterocycles. The number of rotatable bonds is 4. The highest BCUT2D eigenvalue weighted by atomic mass is 35.5. The number of hydrogen-bond donors (Lipinski definition) is 1. The molecule has 140 valence electrons. The Morgan fingerprint density at radius 2 is 1.92 bits per heavy atom. The molecule has 0 saturated carbocycles. The van der Waals surface area contributed by atoms with Gasteiger partial charge in [0.15, 0.2) is 0 Å². The van der Waals surface area contributed by atoms with Gasteiger partial charge in [0.2, 0.25) is 5.91 Å². The number of carbonyl (C=O) groups is 1. The van der Waals surface area contributed by atoms with Gasteiger partial charge in [0.25, 0.3) is 10.0 Å². The first kappa shape index (κ1) is 19.9. The van der Waals surface area contributed by atoms with Crippen LogP contribution in [0.5, 0.6) is 0 Å². The molecule has 10 heteroatoms. The zero-order chi connectivity index (χ0) is 18.9. The van der Waals surface area contributed by atoms with Crippen LogP contribution in [0.3, 0.4) is 0 Å². The van der Waals surface area contributed by atoms with Crippen LogP contribution in [0, 0.1) is 5.92 Å². The normalized spacial score (nSPS) is 18.7. The molecule has 0 bridgehead atoms. The molecule has 2 aromatic rings. The Morgan fingerprint density at radius 1 is 1.19 bits per heavy atom. The number of hydrogen-bond acceptors (Lipinski definition) is 4. The van der Waals surface area contributed by atoms with Gasteiger partial charge in [-0.3, -0.25) is 4.79 Å². The summed E-state index contributed by atoms with van der Waals surface area (Å²) >= 11 is 19.1. The lowest BCUT2D eigenvalue weighted by Crippen LogP contribution is -2.43. The Morgan fingerprint density at radius 3 is 2.62 bits per heavy atom. The molecule has 1 aliphatic heterocycles. The quantitative estimate of drug-likeness (QED) is 0.679. The number of anilines is 1. The summed E-state index contributed by atoms with van der Waals surface area (Å²) in [5.74, 6) is -0.764. The Kier molecular flexibility index (Phi) is 6.16. The van der Waals surface area contributed by atoms with E-state index in [1.54, 1.807) is 17.5 Å². The molecule has 1 saturated heterocycles. The summed E-state index contributed by atoms with van der Waals surface area (Å²) in [4.78, 5) is 12.6. The summed E-state index contributed by atoms with van der Waals surface area (Å²) in [5, 5.41) is 5.27. The van der Waals surface area contributed by atoms with Crippen molar-refractivity contribution in [3.8, 4) is 0 Å². The topological polar surface area (TPSA) is 66.5 Å². The van der Waals surface area contributed by atoms with Crippen LogP contribution in [0.15, 0.2) is 33.9 Å². The highest BCUT2D eigenvalue weighted by Gasteiger charge is 2.34. The van der Waals surface area contributed by atoms with Crippen LogP contribution >= 0.6 is 46.1 Å². The Bertz CT molecular complexity index is 917. The lowest BCUT2D eigenvalue weighted by atomic mass is 9.98. The Labute approximate surface area is 170 Å². The van der Waals surface area contributed by atoms with Crippen LogP contribution in [0.2, 0.25) is 15.1 Å². The number of nitrogens with one attached hydrogen (secondary N) is 1. The molecule has 5 nitrogen and oxygen atoms in total. The largest absolute Gasteiger partial charge is 0.324 e. The minimum absolute atomic E-state index is 0.130. The minimum atomic E-state index is -3.57. The molecule has 0 spiro atoms. The number of piperidine rings is 1. The second kappa shape index (κ2) is 8.04. The predicted octanol–water partition coefficient (Wildman–Crippen LogP) is 4.75. The fourth-order valence-electron chi connectivity index (χ4n) is 2.77. The second-order valence-corrected chi connectivity index (χ2v) is 10.2. The van der Waals surface area contributed by atoms with E-state index in [0.717, 1.165) is 0 Å². The third-order valence-corrected chi connectivity index (χ3v) is 8.39. The van der Waals surface area contributed by atoms with E-state index >= 15 is 0 Å². The van der Waals surface area contributed by atoms with E-state index in [1.807, 2.05) is 0 Å². The highest BCUT2D eigenvalue weighted by molar-refractivity contribution is 7.91. The molecule has 1 aromatic carbocycles. The summed E-state index contributed by atoms with van der Waals surface area (Å²) in [6.45, 7) is 0.530. The monoisotopic (exact) mass is 452 g/mol. The van der Waals surface area contributed by atoms with Gasteiger partial charge in [0.05, 0.1) is 26.7 Å². The van der Waals surface area contributed by atoms with E-state index in [4.69, 9.17) is 34.8 Å². The van der Waals surface area contributed by atoms with Gasteiger partial charge in [-0.15, -0.1) is 11.3 Å². The van der Waals surface area contributed by atoms with E-state index in [2.05, 4.69) is 5.32 Å². The minimum Gasteiger partial charge on any atom is -0.324 e. The van der Waals surface area contributed by atoms with E-state index in [1.165, 1.54) is 27.8 Å². The van der Waals surface area contributed by atoms with Crippen molar-refractivity contribution in [1.29, 1.82) is 0 Å². The number of nitrogens with zero attached hydrogens (tertiary/aromatic N) is 1. The maximum atomic E-state index is 12.7. The SMILES string of the molecule is O=C(Nc1cc(Cl)c(Cl)cc1Cl)[C@@H]1CCCN(S(=O)(=O)c2cccs2)C1. The van der Waals surface area contributed by atoms with Gasteiger partial charge >= 0.3 is 0 Å². The summed E-state index contributed by atoms with van der Waals surface area (Å²) in [6.07, 6.45) is 1.21. The number of sulfonamides is 1. The van der Waals surface area contributed by atoms with Crippen LogP contribution in [-0.2, 0) is 14.8 Å². The first-order valence-corrected chi connectivity index (χ1v) is 11.2. The first-order valence-electron chi connectivity index (χ1n) is 7.78. The highest BCUT2D eigenvalue weighted by Crippen LogP contribution is 2.33. The molecule has 1 aliphatic rings. The summed E-state index contributed by atoms with van der Waals surface area (Å²) in [6, 6.07) is 6.19. The van der Waals surface area contributed by atoms with Crippen molar-refractivity contribution in [2.75, 3.05) is 18.4 Å². The molecule has 1 atom stereocenters. The fourth-order valence-corrected chi connectivity index (χ4v) is 6.03. The zero-order valence-corrected chi connectivity index (χ0v) is 17.3. The smallest absolute Gasteiger partial charge is 0.252 e. The molecule has 1 fully saturated rings. The van der Waals surface area contributed by atoms with Crippen molar-refractivity contribution in [1.82, 2.24) is 4.31 Å². The van der Waals surface area contributed by atoms with Crippen molar-refractivity contribution in [2.45, 2.75) is 17.1 Å². The van der Waals surface area contributed by atoms with Gasteiger partial charge in [0.1, 0.15) is 4.21 Å². The first-order chi connectivity index (χ1) is 12.3. The molecule has 1 amide bonds. The standard InChI is InChI=1S/C16H15Cl3N2O3S2/c17-11-7-13(19)14(8-12(11)18)20-16(22)10-3-1-5-21(9-10)26(23,24)15-4-2-6-25-15/h2,4,6-8,10H,1,3,5,9H2,(H,20,22)/t10-/m1/s1. The molecule has 2 heterocycles. The van der Waals surface area contributed by atoms with Crippen molar-refractivity contribution >= 4 is 67.8 Å². The molecular weight excluding hydrogens is 439 g/mol. The summed E-state index contributed by atoms with van der Waals surface area (Å²) < 4.78 is 27.0. The number of benzene rings is 1. The maximum absolute atomic E-state index is 12.7. The van der Waals surface area contributed by atoms with Crippen LogP contribution in [0.4, 0.5) is 5.69 Å². The Hall–Kier alpha value is -0.830. The van der Waals surface area contributed by atoms with E-state index in [0.29, 0.717) is 30.1 Å². The van der Waals surface area contributed by atoms with E-state index in [9.17, 15) is 13.2 Å². The third-order valence-electron chi connectivity index (χ3n) is 4.11. The van der Waals surface area contributed by atoms with Crippen molar-refractivity contribution in [3.63, 3.8) is 0 Å². The molecule has 0 aliphatic carbocycles. The number of halogens is 3. The lowest BCUT2D eigenvalue weighted by molar-refractivity contribution is -0.120. The zero-order valence-electron chi connectivity index (χ0n) is 13.4. The summed E-state index contributed by atoms with van der Waals surface area (Å²) in [5.41, 5.74) is 0.351. The van der Waals surface area contributed by atoms with Crippen LogP contribution in [0.1, 0.15) is 12.8 Å².